The van der Waals surface area contributed by atoms with Crippen LogP contribution in [0.4, 0.5) is 0 Å². The Balaban J connectivity index is 2.29. The van der Waals surface area contributed by atoms with Gasteiger partial charge in [-0.3, -0.25) is 0 Å². The SMILES string of the molecule is CNCc1c(Cl)cccc1Sc1ccncn1. The molecule has 1 aromatic heterocycles. The van der Waals surface area contributed by atoms with Crippen LogP contribution in [0.5, 0.6) is 0 Å². The molecule has 0 saturated heterocycles. The van der Waals surface area contributed by atoms with E-state index in [0.29, 0.717) is 0 Å². The van der Waals surface area contributed by atoms with Crippen molar-refractivity contribution in [1.29, 1.82) is 0 Å². The average Bonchev–Trinajstić information content (AvgIpc) is 2.35. The van der Waals surface area contributed by atoms with E-state index in [1.54, 1.807) is 24.3 Å². The van der Waals surface area contributed by atoms with Gasteiger partial charge in [0, 0.05) is 22.7 Å². The molecule has 2 aromatic rings. The molecule has 0 saturated carbocycles. The molecule has 88 valence electrons. The molecule has 1 N–H and O–H groups in total. The van der Waals surface area contributed by atoms with Crippen LogP contribution in [0, 0.1) is 0 Å². The number of hydrogen-bond acceptors (Lipinski definition) is 4. The van der Waals surface area contributed by atoms with Crippen molar-refractivity contribution in [3.8, 4) is 0 Å². The Morgan fingerprint density at radius 2 is 2.24 bits per heavy atom. The Labute approximate surface area is 110 Å². The predicted molar refractivity (Wildman–Crippen MR) is 70.4 cm³/mol. The van der Waals surface area contributed by atoms with Gasteiger partial charge in [-0.15, -0.1) is 0 Å². The number of nitrogens with zero attached hydrogens (tertiary/aromatic N) is 2. The van der Waals surface area contributed by atoms with E-state index >= 15 is 0 Å². The van der Waals surface area contributed by atoms with E-state index < -0.39 is 0 Å². The van der Waals surface area contributed by atoms with Gasteiger partial charge in [0.05, 0.1) is 0 Å². The summed E-state index contributed by atoms with van der Waals surface area (Å²) in [4.78, 5) is 9.21. The van der Waals surface area contributed by atoms with Crippen molar-refractivity contribution in [3.05, 3.63) is 47.4 Å². The molecule has 5 heteroatoms. The second kappa shape index (κ2) is 6.00. The smallest absolute Gasteiger partial charge is 0.116 e. The topological polar surface area (TPSA) is 37.8 Å². The lowest BCUT2D eigenvalue weighted by Gasteiger charge is -2.09. The van der Waals surface area contributed by atoms with Crippen LogP contribution in [0.3, 0.4) is 0 Å². The molecule has 2 rings (SSSR count). The Kier molecular flexibility index (Phi) is 4.36. The first-order valence-corrected chi connectivity index (χ1v) is 6.36. The first kappa shape index (κ1) is 12.4. The third kappa shape index (κ3) is 3.19. The molecule has 0 radical (unpaired) electrons. The molecular formula is C12H12ClN3S. The van der Waals surface area contributed by atoms with Crippen molar-refractivity contribution in [2.75, 3.05) is 7.05 Å². The quantitative estimate of drug-likeness (QED) is 0.863. The fourth-order valence-corrected chi connectivity index (χ4v) is 2.64. The highest BCUT2D eigenvalue weighted by Gasteiger charge is 2.08. The first-order valence-electron chi connectivity index (χ1n) is 5.17. The standard InChI is InChI=1S/C12H12ClN3S/c1-14-7-9-10(13)3-2-4-11(9)17-12-5-6-15-8-16-12/h2-6,8,14H,7H2,1H3. The molecule has 0 amide bonds. The fourth-order valence-electron chi connectivity index (χ4n) is 1.43. The fraction of sp³-hybridized carbons (Fsp3) is 0.167. The van der Waals surface area contributed by atoms with E-state index in [-0.39, 0.29) is 0 Å². The van der Waals surface area contributed by atoms with Crippen molar-refractivity contribution in [2.24, 2.45) is 0 Å². The zero-order valence-electron chi connectivity index (χ0n) is 9.35. The number of nitrogens with one attached hydrogen (secondary N) is 1. The lowest BCUT2D eigenvalue weighted by atomic mass is 10.2. The van der Waals surface area contributed by atoms with E-state index in [1.807, 2.05) is 31.3 Å². The normalized spacial score (nSPS) is 10.5. The van der Waals surface area contributed by atoms with Gasteiger partial charge in [0.15, 0.2) is 0 Å². The maximum Gasteiger partial charge on any atom is 0.116 e. The average molecular weight is 266 g/mol. The molecule has 3 nitrogen and oxygen atoms in total. The summed E-state index contributed by atoms with van der Waals surface area (Å²) in [5.41, 5.74) is 1.10. The van der Waals surface area contributed by atoms with E-state index in [9.17, 15) is 0 Å². The number of rotatable bonds is 4. The molecule has 0 unspecified atom stereocenters. The molecule has 1 aromatic carbocycles. The van der Waals surface area contributed by atoms with Crippen LogP contribution in [-0.4, -0.2) is 17.0 Å². The van der Waals surface area contributed by atoms with Gasteiger partial charge in [-0.05, 0) is 30.8 Å². The first-order chi connectivity index (χ1) is 8.31. The van der Waals surface area contributed by atoms with Gasteiger partial charge in [0.1, 0.15) is 11.4 Å². The van der Waals surface area contributed by atoms with Gasteiger partial charge in [0.25, 0.3) is 0 Å². The largest absolute Gasteiger partial charge is 0.316 e. The molecule has 1 heterocycles. The highest BCUT2D eigenvalue weighted by Crippen LogP contribution is 2.32. The second-order valence-electron chi connectivity index (χ2n) is 3.40. The minimum atomic E-state index is 0.743. The summed E-state index contributed by atoms with van der Waals surface area (Å²) < 4.78 is 0. The molecule has 0 aliphatic heterocycles. The van der Waals surface area contributed by atoms with E-state index in [0.717, 1.165) is 27.1 Å². The molecule has 17 heavy (non-hydrogen) atoms. The van der Waals surface area contributed by atoms with Crippen molar-refractivity contribution < 1.29 is 0 Å². The van der Waals surface area contributed by atoms with Gasteiger partial charge >= 0.3 is 0 Å². The van der Waals surface area contributed by atoms with Gasteiger partial charge in [0.2, 0.25) is 0 Å². The van der Waals surface area contributed by atoms with Crippen molar-refractivity contribution in [3.63, 3.8) is 0 Å². The minimum Gasteiger partial charge on any atom is -0.316 e. The molecule has 0 atom stereocenters. The van der Waals surface area contributed by atoms with E-state index in [1.165, 1.54) is 0 Å². The zero-order valence-corrected chi connectivity index (χ0v) is 10.9. The zero-order chi connectivity index (χ0) is 12.1. The third-order valence-corrected chi connectivity index (χ3v) is 3.61. The summed E-state index contributed by atoms with van der Waals surface area (Å²) in [7, 11) is 1.91. The number of halogens is 1. The van der Waals surface area contributed by atoms with Crippen LogP contribution >= 0.6 is 23.4 Å². The van der Waals surface area contributed by atoms with Crippen molar-refractivity contribution >= 4 is 23.4 Å². The van der Waals surface area contributed by atoms with Gasteiger partial charge in [-0.25, -0.2) is 9.97 Å². The van der Waals surface area contributed by atoms with Gasteiger partial charge in [-0.2, -0.15) is 0 Å². The highest BCUT2D eigenvalue weighted by molar-refractivity contribution is 7.99. The summed E-state index contributed by atoms with van der Waals surface area (Å²) >= 11 is 7.78. The van der Waals surface area contributed by atoms with Crippen LogP contribution < -0.4 is 5.32 Å². The summed E-state index contributed by atoms with van der Waals surface area (Å²) in [6, 6.07) is 7.78. The molecule has 0 aliphatic rings. The van der Waals surface area contributed by atoms with Crippen LogP contribution in [0.2, 0.25) is 5.02 Å². The Morgan fingerprint density at radius 3 is 2.94 bits per heavy atom. The van der Waals surface area contributed by atoms with Gasteiger partial charge in [-0.1, -0.05) is 29.4 Å². The molecular weight excluding hydrogens is 254 g/mol. The van der Waals surface area contributed by atoms with E-state index in [2.05, 4.69) is 15.3 Å². The lowest BCUT2D eigenvalue weighted by Crippen LogP contribution is -2.06. The monoisotopic (exact) mass is 265 g/mol. The number of benzene rings is 1. The van der Waals surface area contributed by atoms with Crippen molar-refractivity contribution in [1.82, 2.24) is 15.3 Å². The number of aromatic nitrogens is 2. The van der Waals surface area contributed by atoms with Crippen LogP contribution in [0.1, 0.15) is 5.56 Å². The van der Waals surface area contributed by atoms with E-state index in [4.69, 9.17) is 11.6 Å². The summed E-state index contributed by atoms with van der Waals surface area (Å²) in [5.74, 6) is 0. The molecule has 0 fully saturated rings. The Morgan fingerprint density at radius 1 is 1.35 bits per heavy atom. The van der Waals surface area contributed by atoms with Crippen LogP contribution in [-0.2, 0) is 6.54 Å². The van der Waals surface area contributed by atoms with Gasteiger partial charge < -0.3 is 5.32 Å². The van der Waals surface area contributed by atoms with Crippen LogP contribution in [0.15, 0.2) is 46.7 Å². The second-order valence-corrected chi connectivity index (χ2v) is 4.87. The summed E-state index contributed by atoms with van der Waals surface area (Å²) in [6.45, 7) is 0.743. The third-order valence-electron chi connectivity index (χ3n) is 2.20. The molecule has 0 spiro atoms. The Bertz CT molecular complexity index is 490. The van der Waals surface area contributed by atoms with Crippen LogP contribution in [0.25, 0.3) is 0 Å². The highest BCUT2D eigenvalue weighted by atomic mass is 35.5. The maximum atomic E-state index is 6.19. The van der Waals surface area contributed by atoms with Crippen molar-refractivity contribution in [2.45, 2.75) is 16.5 Å². The minimum absolute atomic E-state index is 0.743. The summed E-state index contributed by atoms with van der Waals surface area (Å²) in [6.07, 6.45) is 3.28. The predicted octanol–water partition coefficient (Wildman–Crippen LogP) is 3.00. The molecule has 0 bridgehead atoms. The lowest BCUT2D eigenvalue weighted by molar-refractivity contribution is 0.803. The number of hydrogen-bond donors (Lipinski definition) is 1. The molecule has 0 aliphatic carbocycles. The summed E-state index contributed by atoms with van der Waals surface area (Å²) in [5, 5.41) is 4.81. The maximum absolute atomic E-state index is 6.19. The Hall–Kier alpha value is -1.10.